The molecule has 0 saturated heterocycles. The van der Waals surface area contributed by atoms with Gasteiger partial charge in [-0.3, -0.25) is 4.79 Å². The number of ether oxygens (including phenoxy) is 1. The maximum absolute atomic E-state index is 12.2. The number of carbonyl (C=O) groups is 1. The third-order valence-electron chi connectivity index (χ3n) is 3.00. The summed E-state index contributed by atoms with van der Waals surface area (Å²) in [5.74, 6) is 0.903. The Kier molecular flexibility index (Phi) is 3.36. The summed E-state index contributed by atoms with van der Waals surface area (Å²) in [5, 5.41) is 5.12. The Labute approximate surface area is 119 Å². The highest BCUT2D eigenvalue weighted by molar-refractivity contribution is 7.17. The van der Waals surface area contributed by atoms with Crippen LogP contribution < -0.4 is 4.74 Å². The van der Waals surface area contributed by atoms with E-state index in [1.165, 1.54) is 21.4 Å². The van der Waals surface area contributed by atoms with Crippen LogP contribution >= 0.6 is 22.7 Å². The zero-order valence-electron chi connectivity index (χ0n) is 10.4. The van der Waals surface area contributed by atoms with E-state index in [4.69, 9.17) is 4.74 Å². The van der Waals surface area contributed by atoms with E-state index in [1.807, 2.05) is 23.6 Å². The third kappa shape index (κ3) is 2.41. The van der Waals surface area contributed by atoms with Crippen LogP contribution in [-0.2, 0) is 6.42 Å². The number of ketones is 1. The first-order chi connectivity index (χ1) is 9.28. The smallest absolute Gasteiger partial charge is 0.177 e. The van der Waals surface area contributed by atoms with Gasteiger partial charge in [0.2, 0.25) is 0 Å². The average Bonchev–Trinajstić information content (AvgIpc) is 3.06. The highest BCUT2D eigenvalue weighted by Crippen LogP contribution is 2.28. The Bertz CT molecular complexity index is 724. The monoisotopic (exact) mass is 288 g/mol. The minimum atomic E-state index is 0.150. The Morgan fingerprint density at radius 3 is 2.84 bits per heavy atom. The lowest BCUT2D eigenvalue weighted by Gasteiger charge is -1.97. The number of methoxy groups -OCH3 is 1. The van der Waals surface area contributed by atoms with Gasteiger partial charge in [-0.25, -0.2) is 0 Å². The lowest BCUT2D eigenvalue weighted by Crippen LogP contribution is -2.00. The molecule has 0 aliphatic heterocycles. The Balaban J connectivity index is 1.86. The van der Waals surface area contributed by atoms with E-state index < -0.39 is 0 Å². The van der Waals surface area contributed by atoms with Gasteiger partial charge in [0, 0.05) is 22.6 Å². The van der Waals surface area contributed by atoms with Gasteiger partial charge in [0.25, 0.3) is 0 Å². The molecule has 2 aromatic heterocycles. The summed E-state index contributed by atoms with van der Waals surface area (Å²) < 4.78 is 6.34. The number of fused-ring (bicyclic) bond motifs is 1. The molecule has 0 saturated carbocycles. The van der Waals surface area contributed by atoms with Gasteiger partial charge in [0.15, 0.2) is 5.78 Å². The lowest BCUT2D eigenvalue weighted by molar-refractivity contribution is 0.0997. The van der Waals surface area contributed by atoms with Crippen LogP contribution in [0.15, 0.2) is 41.1 Å². The molecule has 2 heterocycles. The quantitative estimate of drug-likeness (QED) is 0.665. The maximum atomic E-state index is 12.2. The van der Waals surface area contributed by atoms with Gasteiger partial charge in [-0.1, -0.05) is 18.2 Å². The van der Waals surface area contributed by atoms with Crippen LogP contribution in [0.5, 0.6) is 5.75 Å². The molecular formula is C15H12O2S2. The minimum absolute atomic E-state index is 0.150. The van der Waals surface area contributed by atoms with Gasteiger partial charge in [-0.05, 0) is 22.4 Å². The first-order valence-corrected chi connectivity index (χ1v) is 7.64. The van der Waals surface area contributed by atoms with E-state index in [-0.39, 0.29) is 5.78 Å². The van der Waals surface area contributed by atoms with Crippen molar-refractivity contribution in [3.8, 4) is 5.75 Å². The Morgan fingerprint density at radius 2 is 2.05 bits per heavy atom. The van der Waals surface area contributed by atoms with Gasteiger partial charge in [0.05, 0.1) is 12.0 Å². The van der Waals surface area contributed by atoms with Gasteiger partial charge in [-0.15, -0.1) is 22.7 Å². The van der Waals surface area contributed by atoms with Crippen molar-refractivity contribution in [2.45, 2.75) is 6.42 Å². The predicted molar refractivity (Wildman–Crippen MR) is 80.7 cm³/mol. The van der Waals surface area contributed by atoms with E-state index in [9.17, 15) is 4.79 Å². The zero-order chi connectivity index (χ0) is 13.2. The summed E-state index contributed by atoms with van der Waals surface area (Å²) in [6, 6.07) is 10.00. The van der Waals surface area contributed by atoms with E-state index in [0.717, 1.165) is 16.2 Å². The highest BCUT2D eigenvalue weighted by Gasteiger charge is 2.13. The first kappa shape index (κ1) is 12.4. The Hall–Kier alpha value is -1.65. The molecule has 0 amide bonds. The van der Waals surface area contributed by atoms with E-state index in [1.54, 1.807) is 18.4 Å². The molecule has 0 radical (unpaired) electrons. The maximum Gasteiger partial charge on any atom is 0.177 e. The van der Waals surface area contributed by atoms with Crippen LogP contribution in [0.1, 0.15) is 15.2 Å². The van der Waals surface area contributed by atoms with Gasteiger partial charge in [0.1, 0.15) is 5.75 Å². The zero-order valence-corrected chi connectivity index (χ0v) is 12.0. The number of carbonyl (C=O) groups excluding carboxylic acids is 1. The molecule has 0 fully saturated rings. The molecule has 0 aliphatic rings. The second kappa shape index (κ2) is 5.15. The van der Waals surface area contributed by atoms with E-state index in [2.05, 4.69) is 17.5 Å². The van der Waals surface area contributed by atoms with Crippen molar-refractivity contribution in [2.24, 2.45) is 0 Å². The molecular weight excluding hydrogens is 276 g/mol. The summed E-state index contributed by atoms with van der Waals surface area (Å²) in [7, 11) is 1.61. The standard InChI is InChI=1S/C15H12O2S2/c1-17-11-7-15(19-9-11)13(16)6-10-8-18-14-5-3-2-4-12(10)14/h2-5,7-9H,6H2,1H3. The Morgan fingerprint density at radius 1 is 1.21 bits per heavy atom. The summed E-state index contributed by atoms with van der Waals surface area (Å²) in [5.41, 5.74) is 1.11. The molecule has 0 N–H and O–H groups in total. The molecule has 0 spiro atoms. The van der Waals surface area contributed by atoms with Crippen molar-refractivity contribution in [3.05, 3.63) is 51.5 Å². The molecule has 1 aromatic carbocycles. The highest BCUT2D eigenvalue weighted by atomic mass is 32.1. The summed E-state index contributed by atoms with van der Waals surface area (Å²) in [6.45, 7) is 0. The largest absolute Gasteiger partial charge is 0.496 e. The van der Waals surface area contributed by atoms with E-state index >= 15 is 0 Å². The summed E-state index contributed by atoms with van der Waals surface area (Å²) >= 11 is 3.13. The number of thiophene rings is 2. The number of Topliss-reactive ketones (excluding diaryl/α,β-unsaturated/α-hetero) is 1. The van der Waals surface area contributed by atoms with Crippen molar-refractivity contribution in [1.29, 1.82) is 0 Å². The summed E-state index contributed by atoms with van der Waals surface area (Å²) in [4.78, 5) is 13.0. The molecule has 0 atom stereocenters. The lowest BCUT2D eigenvalue weighted by atomic mass is 10.1. The molecule has 2 nitrogen and oxygen atoms in total. The average molecular weight is 288 g/mol. The predicted octanol–water partition coefficient (Wildman–Crippen LogP) is 4.40. The van der Waals surface area contributed by atoms with Crippen LogP contribution in [0.2, 0.25) is 0 Å². The molecule has 0 bridgehead atoms. The molecule has 3 aromatic rings. The fraction of sp³-hybridized carbons (Fsp3) is 0.133. The van der Waals surface area contributed by atoms with Gasteiger partial charge in [-0.2, -0.15) is 0 Å². The topological polar surface area (TPSA) is 26.3 Å². The molecule has 3 rings (SSSR count). The van der Waals surface area contributed by atoms with Crippen molar-refractivity contribution in [2.75, 3.05) is 7.11 Å². The van der Waals surface area contributed by atoms with Crippen molar-refractivity contribution in [3.63, 3.8) is 0 Å². The number of benzene rings is 1. The second-order valence-corrected chi connectivity index (χ2v) is 6.03. The number of rotatable bonds is 4. The fourth-order valence-corrected chi connectivity index (χ4v) is 3.76. The molecule has 0 aliphatic carbocycles. The number of hydrogen-bond acceptors (Lipinski definition) is 4. The van der Waals surface area contributed by atoms with Crippen molar-refractivity contribution >= 4 is 38.5 Å². The van der Waals surface area contributed by atoms with Crippen molar-refractivity contribution < 1.29 is 9.53 Å². The van der Waals surface area contributed by atoms with Crippen LogP contribution in [0.3, 0.4) is 0 Å². The fourth-order valence-electron chi connectivity index (χ4n) is 2.00. The van der Waals surface area contributed by atoms with Crippen LogP contribution in [0, 0.1) is 0 Å². The third-order valence-corrected chi connectivity index (χ3v) is 4.96. The van der Waals surface area contributed by atoms with Crippen molar-refractivity contribution in [1.82, 2.24) is 0 Å². The van der Waals surface area contributed by atoms with Crippen LogP contribution in [0.25, 0.3) is 10.1 Å². The molecule has 96 valence electrons. The number of hydrogen-bond donors (Lipinski definition) is 0. The normalized spacial score (nSPS) is 10.8. The van der Waals surface area contributed by atoms with E-state index in [0.29, 0.717) is 6.42 Å². The van der Waals surface area contributed by atoms with Crippen LogP contribution in [-0.4, -0.2) is 12.9 Å². The molecule has 4 heteroatoms. The first-order valence-electron chi connectivity index (χ1n) is 5.89. The van der Waals surface area contributed by atoms with Gasteiger partial charge < -0.3 is 4.74 Å². The van der Waals surface area contributed by atoms with Gasteiger partial charge >= 0.3 is 0 Å². The molecule has 19 heavy (non-hydrogen) atoms. The minimum Gasteiger partial charge on any atom is -0.496 e. The second-order valence-electron chi connectivity index (χ2n) is 4.21. The SMILES string of the molecule is COc1csc(C(=O)Cc2csc3ccccc23)c1. The summed E-state index contributed by atoms with van der Waals surface area (Å²) in [6.07, 6.45) is 0.452. The molecule has 0 unspecified atom stereocenters. The van der Waals surface area contributed by atoms with Crippen LogP contribution in [0.4, 0.5) is 0 Å².